The molecular formula is C11H24O. The van der Waals surface area contributed by atoms with Gasteiger partial charge in [0, 0.05) is 7.11 Å². The average molecular weight is 172 g/mol. The second-order valence-corrected chi connectivity index (χ2v) is 4.70. The van der Waals surface area contributed by atoms with Crippen LogP contribution in [0.25, 0.3) is 0 Å². The molecule has 0 radical (unpaired) electrons. The Bertz CT molecular complexity index is 138. The van der Waals surface area contributed by atoms with Crippen molar-refractivity contribution >= 4 is 0 Å². The highest BCUT2D eigenvalue weighted by atomic mass is 16.5. The summed E-state index contributed by atoms with van der Waals surface area (Å²) in [7, 11) is 1.82. The minimum Gasteiger partial charge on any atom is -0.378 e. The molecule has 0 saturated carbocycles. The second-order valence-electron chi connectivity index (χ2n) is 4.70. The lowest BCUT2D eigenvalue weighted by Crippen LogP contribution is -2.47. The Morgan fingerprint density at radius 2 is 1.58 bits per heavy atom. The van der Waals surface area contributed by atoms with Crippen LogP contribution in [-0.2, 0) is 4.74 Å². The van der Waals surface area contributed by atoms with E-state index < -0.39 is 0 Å². The molecule has 0 heterocycles. The van der Waals surface area contributed by atoms with E-state index in [0.29, 0.717) is 5.92 Å². The van der Waals surface area contributed by atoms with E-state index in [2.05, 4.69) is 41.5 Å². The van der Waals surface area contributed by atoms with Gasteiger partial charge >= 0.3 is 0 Å². The standard InChI is InChI=1S/C11H24O/c1-8-10(4,5)11(6,12-7)9(2)3/h9H,8H2,1-7H3. The molecule has 0 bridgehead atoms. The van der Waals surface area contributed by atoms with Gasteiger partial charge in [0.1, 0.15) is 0 Å². The van der Waals surface area contributed by atoms with E-state index in [4.69, 9.17) is 4.74 Å². The SMILES string of the molecule is CCC(C)(C)C(C)(OC)C(C)C. The second kappa shape index (κ2) is 3.78. The maximum atomic E-state index is 5.65. The van der Waals surface area contributed by atoms with Gasteiger partial charge in [-0.25, -0.2) is 0 Å². The van der Waals surface area contributed by atoms with Gasteiger partial charge in [0.2, 0.25) is 0 Å². The van der Waals surface area contributed by atoms with Crippen molar-refractivity contribution in [2.45, 2.75) is 53.6 Å². The summed E-state index contributed by atoms with van der Waals surface area (Å²) >= 11 is 0. The fourth-order valence-electron chi connectivity index (χ4n) is 1.64. The van der Waals surface area contributed by atoms with Gasteiger partial charge in [-0.2, -0.15) is 0 Å². The topological polar surface area (TPSA) is 9.23 Å². The molecule has 1 heteroatoms. The van der Waals surface area contributed by atoms with Gasteiger partial charge in [0.15, 0.2) is 0 Å². The molecule has 0 spiro atoms. The average Bonchev–Trinajstić information content (AvgIpc) is 2.02. The minimum absolute atomic E-state index is 0.0122. The summed E-state index contributed by atoms with van der Waals surface area (Å²) in [5.74, 6) is 0.553. The molecule has 0 aromatic rings. The molecule has 0 aliphatic heterocycles. The molecule has 0 aliphatic rings. The summed E-state index contributed by atoms with van der Waals surface area (Å²) < 4.78 is 5.65. The zero-order chi connectivity index (χ0) is 9.99. The third-order valence-electron chi connectivity index (χ3n) is 3.75. The van der Waals surface area contributed by atoms with Crippen LogP contribution in [-0.4, -0.2) is 12.7 Å². The molecule has 0 rings (SSSR count). The Balaban J connectivity index is 4.74. The van der Waals surface area contributed by atoms with Crippen molar-refractivity contribution in [3.8, 4) is 0 Å². The van der Waals surface area contributed by atoms with E-state index in [-0.39, 0.29) is 11.0 Å². The summed E-state index contributed by atoms with van der Waals surface area (Å²) in [5.41, 5.74) is 0.234. The lowest BCUT2D eigenvalue weighted by atomic mass is 9.68. The van der Waals surface area contributed by atoms with Crippen molar-refractivity contribution < 1.29 is 4.74 Å². The van der Waals surface area contributed by atoms with Crippen LogP contribution in [0.15, 0.2) is 0 Å². The number of hydrogen-bond acceptors (Lipinski definition) is 1. The van der Waals surface area contributed by atoms with Gasteiger partial charge in [-0.05, 0) is 24.7 Å². The highest BCUT2D eigenvalue weighted by Gasteiger charge is 2.42. The van der Waals surface area contributed by atoms with Crippen LogP contribution in [0.2, 0.25) is 0 Å². The predicted octanol–water partition coefficient (Wildman–Crippen LogP) is 3.48. The Morgan fingerprint density at radius 3 is 1.67 bits per heavy atom. The van der Waals surface area contributed by atoms with E-state index in [0.717, 1.165) is 6.42 Å². The molecule has 0 amide bonds. The van der Waals surface area contributed by atoms with Gasteiger partial charge < -0.3 is 4.74 Å². The molecule has 12 heavy (non-hydrogen) atoms. The summed E-state index contributed by atoms with van der Waals surface area (Å²) in [5, 5.41) is 0. The smallest absolute Gasteiger partial charge is 0.0724 e. The van der Waals surface area contributed by atoms with Crippen LogP contribution < -0.4 is 0 Å². The van der Waals surface area contributed by atoms with Gasteiger partial charge in [0.25, 0.3) is 0 Å². The van der Waals surface area contributed by atoms with Crippen LogP contribution >= 0.6 is 0 Å². The van der Waals surface area contributed by atoms with E-state index in [1.54, 1.807) is 0 Å². The predicted molar refractivity (Wildman–Crippen MR) is 54.3 cm³/mol. The molecule has 1 atom stereocenters. The van der Waals surface area contributed by atoms with Crippen LogP contribution in [0.1, 0.15) is 48.0 Å². The number of methoxy groups -OCH3 is 1. The Kier molecular flexibility index (Phi) is 3.77. The fourth-order valence-corrected chi connectivity index (χ4v) is 1.64. The van der Waals surface area contributed by atoms with Gasteiger partial charge in [-0.3, -0.25) is 0 Å². The lowest BCUT2D eigenvalue weighted by molar-refractivity contribution is -0.119. The van der Waals surface area contributed by atoms with Crippen molar-refractivity contribution in [1.29, 1.82) is 0 Å². The van der Waals surface area contributed by atoms with Crippen molar-refractivity contribution in [3.63, 3.8) is 0 Å². The molecule has 0 N–H and O–H groups in total. The highest BCUT2D eigenvalue weighted by Crippen LogP contribution is 2.41. The van der Waals surface area contributed by atoms with Crippen LogP contribution in [0, 0.1) is 11.3 Å². The Morgan fingerprint density at radius 1 is 1.17 bits per heavy atom. The number of hydrogen-bond donors (Lipinski definition) is 0. The molecule has 74 valence electrons. The molecule has 1 nitrogen and oxygen atoms in total. The van der Waals surface area contributed by atoms with Crippen LogP contribution in [0.5, 0.6) is 0 Å². The Labute approximate surface area is 77.5 Å². The molecule has 0 saturated heterocycles. The number of rotatable bonds is 4. The maximum Gasteiger partial charge on any atom is 0.0724 e. The van der Waals surface area contributed by atoms with E-state index in [1.165, 1.54) is 0 Å². The van der Waals surface area contributed by atoms with Gasteiger partial charge in [0.05, 0.1) is 5.60 Å². The van der Waals surface area contributed by atoms with E-state index in [9.17, 15) is 0 Å². The monoisotopic (exact) mass is 172 g/mol. The molecule has 0 aliphatic carbocycles. The van der Waals surface area contributed by atoms with E-state index >= 15 is 0 Å². The summed E-state index contributed by atoms with van der Waals surface area (Å²) in [4.78, 5) is 0. The minimum atomic E-state index is -0.0122. The largest absolute Gasteiger partial charge is 0.378 e. The summed E-state index contributed by atoms with van der Waals surface area (Å²) in [6.07, 6.45) is 1.15. The van der Waals surface area contributed by atoms with Crippen LogP contribution in [0.4, 0.5) is 0 Å². The van der Waals surface area contributed by atoms with Crippen molar-refractivity contribution in [3.05, 3.63) is 0 Å². The number of ether oxygens (including phenoxy) is 1. The molecule has 0 aromatic carbocycles. The lowest BCUT2D eigenvalue weighted by Gasteiger charge is -2.46. The zero-order valence-corrected chi connectivity index (χ0v) is 9.69. The Hall–Kier alpha value is -0.0400. The highest BCUT2D eigenvalue weighted by molar-refractivity contribution is 4.92. The first-order valence-electron chi connectivity index (χ1n) is 4.87. The van der Waals surface area contributed by atoms with Gasteiger partial charge in [-0.15, -0.1) is 0 Å². The molecule has 1 unspecified atom stereocenters. The summed E-state index contributed by atoms with van der Waals surface area (Å²) in [6, 6.07) is 0. The van der Waals surface area contributed by atoms with Crippen molar-refractivity contribution in [2.24, 2.45) is 11.3 Å². The first kappa shape index (κ1) is 12.0. The van der Waals surface area contributed by atoms with Crippen LogP contribution in [0.3, 0.4) is 0 Å². The van der Waals surface area contributed by atoms with Crippen molar-refractivity contribution in [1.82, 2.24) is 0 Å². The fraction of sp³-hybridized carbons (Fsp3) is 1.00. The zero-order valence-electron chi connectivity index (χ0n) is 9.69. The first-order valence-corrected chi connectivity index (χ1v) is 4.87. The third-order valence-corrected chi connectivity index (χ3v) is 3.75. The first-order chi connectivity index (χ1) is 5.31. The maximum absolute atomic E-state index is 5.65. The van der Waals surface area contributed by atoms with Gasteiger partial charge in [-0.1, -0.05) is 34.6 Å². The molecule has 0 aromatic heterocycles. The normalized spacial score (nSPS) is 18.0. The van der Waals surface area contributed by atoms with E-state index in [1.807, 2.05) is 7.11 Å². The quantitative estimate of drug-likeness (QED) is 0.631. The molecule has 0 fully saturated rings. The third kappa shape index (κ3) is 1.82. The summed E-state index contributed by atoms with van der Waals surface area (Å²) in [6.45, 7) is 13.4. The molecular weight excluding hydrogens is 148 g/mol. The van der Waals surface area contributed by atoms with Crippen molar-refractivity contribution in [2.75, 3.05) is 7.11 Å².